The highest BCUT2D eigenvalue weighted by Gasteiger charge is 2.37. The summed E-state index contributed by atoms with van der Waals surface area (Å²) >= 11 is 4.15. The van der Waals surface area contributed by atoms with E-state index < -0.39 is 157 Å². The Bertz CT molecular complexity index is 3070. The number of benzene rings is 1. The highest BCUT2D eigenvalue weighted by atomic mass is 32.1. The molecule has 1 aromatic carbocycles. The zero-order valence-electron chi connectivity index (χ0n) is 53.1. The maximum absolute atomic E-state index is 14.5. The maximum Gasteiger partial charge on any atom is 0.325 e. The van der Waals surface area contributed by atoms with E-state index in [2.05, 4.69) is 90.8 Å². The number of amides is 11. The van der Waals surface area contributed by atoms with E-state index in [9.17, 15) is 67.7 Å². The van der Waals surface area contributed by atoms with Crippen LogP contribution in [0.4, 0.5) is 0 Å². The maximum atomic E-state index is 14.5. The van der Waals surface area contributed by atoms with Crippen LogP contribution in [0.3, 0.4) is 0 Å². The van der Waals surface area contributed by atoms with Crippen LogP contribution in [-0.2, 0) is 64.0 Å². The van der Waals surface area contributed by atoms with Crippen molar-refractivity contribution in [1.29, 1.82) is 0 Å². The molecule has 0 aliphatic carbocycles. The molecule has 0 bridgehead atoms. The molecule has 2 aromatic rings. The van der Waals surface area contributed by atoms with Crippen molar-refractivity contribution >= 4 is 118 Å². The Kier molecular flexibility index (Phi) is 35.8. The largest absolute Gasteiger partial charge is 0.480 e. The number of carboxylic acids is 1. The van der Waals surface area contributed by atoms with Crippen LogP contribution < -0.4 is 111 Å². The summed E-state index contributed by atoms with van der Waals surface area (Å²) in [5, 5.41) is 45.1. The molecular weight excluding hydrogens is 1270 g/mol. The van der Waals surface area contributed by atoms with Crippen LogP contribution in [0.1, 0.15) is 84.1 Å². The Hall–Kier alpha value is -10.3. The number of nitrogens with one attached hydrogen (secondary N) is 11. The van der Waals surface area contributed by atoms with E-state index >= 15 is 0 Å². The molecule has 0 aliphatic heterocycles. The normalized spacial score (nSPS) is 14.1. The summed E-state index contributed by atoms with van der Waals surface area (Å²) in [6.07, 6.45) is 0.146. The molecule has 0 aliphatic rings. The summed E-state index contributed by atoms with van der Waals surface area (Å²) in [6, 6.07) is -8.53. The summed E-state index contributed by atoms with van der Waals surface area (Å²) in [4.78, 5) is 182. The first-order valence-electron chi connectivity index (χ1n) is 30.0. The third-order valence-corrected chi connectivity index (χ3v) is 14.3. The average Bonchev–Trinajstić information content (AvgIpc) is 1.75. The highest BCUT2D eigenvalue weighted by molar-refractivity contribution is 7.80. The van der Waals surface area contributed by atoms with Crippen molar-refractivity contribution < 1.29 is 67.7 Å². The lowest BCUT2D eigenvalue weighted by atomic mass is 10.0. The van der Waals surface area contributed by atoms with Crippen LogP contribution in [0.15, 0.2) is 50.4 Å². The van der Waals surface area contributed by atoms with E-state index in [0.717, 1.165) is 0 Å². The number of aromatic amines is 1. The van der Waals surface area contributed by atoms with Gasteiger partial charge in [-0.3, -0.25) is 77.5 Å². The van der Waals surface area contributed by atoms with E-state index in [1.54, 1.807) is 30.5 Å². The monoisotopic (exact) mass is 1360 g/mol. The van der Waals surface area contributed by atoms with Gasteiger partial charge in [0.05, 0.1) is 19.6 Å². The molecule has 0 saturated heterocycles. The third kappa shape index (κ3) is 30.4. The van der Waals surface area contributed by atoms with Crippen LogP contribution in [0, 0.1) is 5.92 Å². The number of carbonyl (C=O) groups is 12. The molecule has 10 atom stereocenters. The molecule has 0 radical (unpaired) electrons. The zero-order chi connectivity index (χ0) is 71.5. The fourth-order valence-electron chi connectivity index (χ4n) is 8.93. The molecule has 0 fully saturated rings. The van der Waals surface area contributed by atoms with E-state index in [1.807, 2.05) is 0 Å². The number of aliphatic imine (C=N–C) groups is 4. The summed E-state index contributed by atoms with van der Waals surface area (Å²) in [6.45, 7) is 2.45. The van der Waals surface area contributed by atoms with E-state index in [1.165, 1.54) is 20.8 Å². The molecule has 39 nitrogen and oxygen atoms in total. The number of nitrogens with two attached hydrogens (primary N) is 10. The van der Waals surface area contributed by atoms with Crippen LogP contribution in [0.2, 0.25) is 0 Å². The van der Waals surface area contributed by atoms with Gasteiger partial charge in [-0.05, 0) is 75.8 Å². The van der Waals surface area contributed by atoms with Gasteiger partial charge >= 0.3 is 5.97 Å². The summed E-state index contributed by atoms with van der Waals surface area (Å²) in [5.41, 5.74) is 56.2. The molecule has 0 saturated carbocycles. The number of hydrogen-bond acceptors (Lipinski definition) is 19. The van der Waals surface area contributed by atoms with Gasteiger partial charge in [-0.2, -0.15) is 12.6 Å². The smallest absolute Gasteiger partial charge is 0.325 e. The Morgan fingerprint density at radius 3 is 1.25 bits per heavy atom. The molecule has 1 aromatic heterocycles. The lowest BCUT2D eigenvalue weighted by Gasteiger charge is -2.29. The van der Waals surface area contributed by atoms with Gasteiger partial charge in [0, 0.05) is 55.5 Å². The Morgan fingerprint density at radius 2 is 0.853 bits per heavy atom. The Balaban J connectivity index is 2.53. The van der Waals surface area contributed by atoms with Crippen molar-refractivity contribution in [3.8, 4) is 0 Å². The second kappa shape index (κ2) is 42.1. The molecule has 95 heavy (non-hydrogen) atoms. The number of aliphatic carboxylic acids is 1. The van der Waals surface area contributed by atoms with Gasteiger partial charge in [-0.1, -0.05) is 32.0 Å². The number of aromatic nitrogens is 1. The van der Waals surface area contributed by atoms with Crippen molar-refractivity contribution in [2.24, 2.45) is 83.2 Å². The van der Waals surface area contributed by atoms with Crippen LogP contribution in [-0.4, -0.2) is 215 Å². The van der Waals surface area contributed by atoms with Gasteiger partial charge in [0.1, 0.15) is 60.4 Å². The van der Waals surface area contributed by atoms with Crippen molar-refractivity contribution in [2.45, 2.75) is 145 Å². The van der Waals surface area contributed by atoms with Crippen LogP contribution in [0.25, 0.3) is 10.9 Å². The fraction of sp³-hybridized carbons (Fsp3) is 0.564. The minimum atomic E-state index is -1.87. The number of para-hydroxylation sites is 1. The summed E-state index contributed by atoms with van der Waals surface area (Å²) in [5.74, 6) is -14.6. The number of fused-ring (bicyclic) bond motifs is 1. The molecule has 2 rings (SSSR count). The van der Waals surface area contributed by atoms with Gasteiger partial charge in [-0.25, -0.2) is 0 Å². The second-order valence-corrected chi connectivity index (χ2v) is 22.3. The molecular formula is C55H93N25O14S. The Morgan fingerprint density at radius 1 is 0.484 bits per heavy atom. The summed E-state index contributed by atoms with van der Waals surface area (Å²) < 4.78 is 0. The number of nitrogens with zero attached hydrogens (tertiary/aromatic N) is 4. The SMILES string of the molecule is CC(C)[C@H](NC(=O)[C@H](CO)NC(=O)[C@H](CCCN=C(N)N)NC(=O)[C@H](CCCN=C(N)N)NC(=O)[C@H](CCCN=C(N)N)NC(=O)[C@H](CCCN=C(N)N)NC(=O)CN)C(=O)N[C@@H](CC(N)=O)C(=O)N[C@@H](Cc1c[nH]c2ccccc12)C(=O)N[C@@H](CS)C(=O)N[C@@H](C)C(=O)O. The average molecular weight is 1360 g/mol. The molecule has 0 unspecified atom stereocenters. The first kappa shape index (κ1) is 80.8. The number of primary amides is 1. The van der Waals surface area contributed by atoms with Crippen molar-refractivity contribution in [3.05, 3.63) is 36.0 Å². The van der Waals surface area contributed by atoms with Gasteiger partial charge in [0.25, 0.3) is 0 Å². The van der Waals surface area contributed by atoms with E-state index in [-0.39, 0.29) is 114 Å². The van der Waals surface area contributed by atoms with E-state index in [0.29, 0.717) is 16.5 Å². The van der Waals surface area contributed by atoms with E-state index in [4.69, 9.17) is 57.3 Å². The number of aliphatic hydroxyl groups is 1. The lowest BCUT2D eigenvalue weighted by molar-refractivity contribution is -0.141. The number of rotatable bonds is 44. The van der Waals surface area contributed by atoms with Gasteiger partial charge < -0.3 is 126 Å². The second-order valence-electron chi connectivity index (χ2n) is 21.9. The van der Waals surface area contributed by atoms with Gasteiger partial charge in [-0.15, -0.1) is 0 Å². The first-order chi connectivity index (χ1) is 44.8. The van der Waals surface area contributed by atoms with Crippen LogP contribution >= 0.6 is 12.6 Å². The number of hydrogen-bond donors (Lipinski definition) is 24. The molecule has 0 spiro atoms. The molecule has 1 heterocycles. The van der Waals surface area contributed by atoms with Crippen LogP contribution in [0.5, 0.6) is 0 Å². The highest BCUT2D eigenvalue weighted by Crippen LogP contribution is 2.20. The minimum absolute atomic E-state index is 0.00312. The quantitative estimate of drug-likeness (QED) is 0.0127. The third-order valence-electron chi connectivity index (χ3n) is 13.9. The number of H-pyrrole nitrogens is 1. The van der Waals surface area contributed by atoms with Gasteiger partial charge in [0.15, 0.2) is 23.8 Å². The number of aliphatic hydroxyl groups excluding tert-OH is 1. The lowest BCUT2D eigenvalue weighted by Crippen LogP contribution is -2.62. The van der Waals surface area contributed by atoms with Crippen molar-refractivity contribution in [2.75, 3.05) is 45.1 Å². The molecule has 528 valence electrons. The molecule has 33 N–H and O–H groups in total. The standard InChI is InChI=1S/C55H93N25O14S/c1-26(2)41(50(92)77-36(21-39(57)82)47(89)76-35(20-28-23-70-30-11-5-4-10-29(28)30)46(88)79-38(25-95)49(91)71-27(3)51(93)94)80-48(90)37(24-81)78-45(87)34(15-9-19-69-55(64)65)75-44(86)33(14-8-18-68-54(62)63)74-43(85)32(13-7-17-67-53(60)61)73-42(84)31(72-40(83)22-56)12-6-16-66-52(58)59/h4-5,10-11,23,26-27,31-38,41,70,81,95H,6-9,12-22,24-25,56H2,1-3H3,(H2,57,82)(H,71,91)(H,72,83)(H,73,84)(H,74,85)(H,75,86)(H,76,89)(H,77,92)(H,78,87)(H,79,88)(H,80,90)(H,93,94)(H4,58,59,66)(H4,60,61,67)(H4,62,63,68)(H4,64,65,69)/t27-,31-,32-,33-,34-,35-,36-,37-,38-,41-/m0/s1. The number of carbonyl (C=O) groups excluding carboxylic acids is 11. The number of thiol groups is 1. The van der Waals surface area contributed by atoms with Crippen molar-refractivity contribution in [1.82, 2.24) is 58.2 Å². The van der Waals surface area contributed by atoms with Crippen molar-refractivity contribution in [3.63, 3.8) is 0 Å². The minimum Gasteiger partial charge on any atom is -0.480 e. The molecule has 11 amide bonds. The zero-order valence-corrected chi connectivity index (χ0v) is 54.0. The number of guanidine groups is 4. The predicted octanol–water partition coefficient (Wildman–Crippen LogP) is -9.71. The summed E-state index contributed by atoms with van der Waals surface area (Å²) in [7, 11) is 0. The molecule has 40 heteroatoms. The Labute approximate surface area is 552 Å². The predicted molar refractivity (Wildman–Crippen MR) is 353 cm³/mol. The topological polar surface area (TPSA) is 691 Å². The van der Waals surface area contributed by atoms with Gasteiger partial charge in [0.2, 0.25) is 65.0 Å². The fourth-order valence-corrected chi connectivity index (χ4v) is 9.19. The first-order valence-corrected chi connectivity index (χ1v) is 30.7. The number of carboxylic acid groups (broad SMARTS) is 1.